The lowest BCUT2D eigenvalue weighted by molar-refractivity contribution is -0.275. The second-order valence-electron chi connectivity index (χ2n) is 6.52. The third-order valence-electron chi connectivity index (χ3n) is 4.70. The van der Waals surface area contributed by atoms with Gasteiger partial charge in [-0.15, -0.1) is 5.53 Å². The molecule has 0 aliphatic carbocycles. The van der Waals surface area contributed by atoms with E-state index in [1.54, 1.807) is 30.3 Å². The van der Waals surface area contributed by atoms with E-state index in [1.165, 1.54) is 23.3 Å². The van der Waals surface area contributed by atoms with Crippen molar-refractivity contribution in [2.24, 2.45) is 11.0 Å². The van der Waals surface area contributed by atoms with Gasteiger partial charge in [-0.1, -0.05) is 34.4 Å². The van der Waals surface area contributed by atoms with Crippen LogP contribution in [-0.4, -0.2) is 18.9 Å². The highest BCUT2D eigenvalue weighted by Gasteiger charge is 2.62. The van der Waals surface area contributed by atoms with Gasteiger partial charge in [0.15, 0.2) is 0 Å². The number of benzene rings is 2. The van der Waals surface area contributed by atoms with E-state index in [4.69, 9.17) is 33.9 Å². The summed E-state index contributed by atoms with van der Waals surface area (Å²) in [6.45, 7) is 0. The average Bonchev–Trinajstić information content (AvgIpc) is 3.17. The molecule has 0 saturated heterocycles. The van der Waals surface area contributed by atoms with Crippen LogP contribution in [0.25, 0.3) is 0 Å². The van der Waals surface area contributed by atoms with Gasteiger partial charge in [0.2, 0.25) is 0 Å². The third-order valence-corrected chi connectivity index (χ3v) is 5.14. The number of nitrogens with one attached hydrogen (secondary N) is 1. The molecule has 0 fully saturated rings. The first-order valence-electron chi connectivity index (χ1n) is 8.08. The molecule has 3 N–H and O–H groups in total. The van der Waals surface area contributed by atoms with Gasteiger partial charge in [-0.25, -0.2) is 11.0 Å². The maximum atomic E-state index is 14.1. The lowest BCUT2D eigenvalue weighted by Crippen LogP contribution is -2.46. The monoisotopic (exact) mass is 431 g/mol. The van der Waals surface area contributed by atoms with Gasteiger partial charge in [0.25, 0.3) is 5.60 Å². The van der Waals surface area contributed by atoms with Gasteiger partial charge in [-0.3, -0.25) is 5.01 Å². The average molecular weight is 432 g/mol. The molecule has 0 radical (unpaired) electrons. The largest absolute Gasteiger partial charge is 0.435 e. The van der Waals surface area contributed by atoms with E-state index in [1.807, 2.05) is 0 Å². The topological polar surface area (TPSA) is 66.1 Å². The summed E-state index contributed by atoms with van der Waals surface area (Å²) in [5.41, 5.74) is 1.93. The maximum absolute atomic E-state index is 14.1. The lowest BCUT2D eigenvalue weighted by Gasteiger charge is -2.29. The van der Waals surface area contributed by atoms with Gasteiger partial charge in [-0.05, 0) is 30.3 Å². The van der Waals surface area contributed by atoms with Crippen LogP contribution < -0.4 is 21.5 Å². The molecule has 6 nitrogen and oxygen atoms in total. The fourth-order valence-electron chi connectivity index (χ4n) is 3.29. The zero-order valence-electron chi connectivity index (χ0n) is 14.4. The zero-order valence-corrected chi connectivity index (χ0v) is 15.9. The molecule has 2 aliphatic heterocycles. The van der Waals surface area contributed by atoms with Crippen LogP contribution in [-0.2, 0) is 10.4 Å². The van der Waals surface area contributed by atoms with Crippen molar-refractivity contribution in [3.63, 3.8) is 0 Å². The minimum absolute atomic E-state index is 0.0774. The smallest absolute Gasteiger partial charge is 0.374 e. The maximum Gasteiger partial charge on any atom is 0.435 e. The summed E-state index contributed by atoms with van der Waals surface area (Å²) in [4.78, 5) is 5.01. The Hall–Kier alpha value is -2.20. The van der Waals surface area contributed by atoms with Gasteiger partial charge in [0.05, 0.1) is 17.1 Å². The van der Waals surface area contributed by atoms with Crippen LogP contribution in [0, 0.1) is 0 Å². The number of oxime groups is 1. The Morgan fingerprint density at radius 2 is 1.82 bits per heavy atom. The van der Waals surface area contributed by atoms with Crippen LogP contribution in [0.2, 0.25) is 10.0 Å². The molecule has 2 aromatic rings. The fourth-order valence-corrected chi connectivity index (χ4v) is 3.82. The van der Waals surface area contributed by atoms with Crippen molar-refractivity contribution in [2.45, 2.75) is 18.2 Å². The van der Waals surface area contributed by atoms with Crippen molar-refractivity contribution in [1.82, 2.24) is 5.53 Å². The summed E-state index contributed by atoms with van der Waals surface area (Å²) in [6.07, 6.45) is -5.27. The number of halogens is 5. The minimum Gasteiger partial charge on any atom is -0.374 e. The Kier molecular flexibility index (Phi) is 4.38. The number of anilines is 2. The first-order valence-corrected chi connectivity index (χ1v) is 8.84. The van der Waals surface area contributed by atoms with Crippen LogP contribution in [0.1, 0.15) is 17.5 Å². The van der Waals surface area contributed by atoms with E-state index in [-0.39, 0.29) is 21.3 Å². The predicted octanol–water partition coefficient (Wildman–Crippen LogP) is 4.13. The summed E-state index contributed by atoms with van der Waals surface area (Å²) in [5.74, 6) is 5.85. The Bertz CT molecular complexity index is 964. The molecule has 148 valence electrons. The molecule has 1 atom stereocenters. The lowest BCUT2D eigenvalue weighted by atomic mass is 9.86. The molecule has 0 saturated carbocycles. The zero-order chi connectivity index (χ0) is 20.3. The Morgan fingerprint density at radius 1 is 1.14 bits per heavy atom. The van der Waals surface area contributed by atoms with Crippen molar-refractivity contribution in [3.05, 3.63) is 57.6 Å². The molecule has 0 amide bonds. The molecule has 2 aliphatic rings. The van der Waals surface area contributed by atoms with E-state index in [9.17, 15) is 13.2 Å². The van der Waals surface area contributed by atoms with Crippen molar-refractivity contribution in [3.8, 4) is 0 Å². The summed E-state index contributed by atoms with van der Waals surface area (Å²) in [6, 6.07) is 8.76. The normalized spacial score (nSPS) is 21.6. The van der Waals surface area contributed by atoms with Crippen LogP contribution in [0.3, 0.4) is 0 Å². The SMILES string of the molecule is CN1NN(N)c2cc(C3=NOC(c4cc(Cl)cc(Cl)c4)(C(F)(F)F)C3)ccc21. The highest BCUT2D eigenvalue weighted by atomic mass is 35.5. The van der Waals surface area contributed by atoms with Gasteiger partial charge >= 0.3 is 6.18 Å². The van der Waals surface area contributed by atoms with Crippen molar-refractivity contribution in [1.29, 1.82) is 0 Å². The van der Waals surface area contributed by atoms with E-state index >= 15 is 0 Å². The van der Waals surface area contributed by atoms with E-state index in [0.717, 1.165) is 5.69 Å². The van der Waals surface area contributed by atoms with Gasteiger partial charge in [-0.2, -0.15) is 13.2 Å². The van der Waals surface area contributed by atoms with Gasteiger partial charge in [0.1, 0.15) is 0 Å². The first kappa shape index (κ1) is 19.1. The Labute approximate surface area is 168 Å². The summed E-state index contributed by atoms with van der Waals surface area (Å²) in [7, 11) is 1.76. The van der Waals surface area contributed by atoms with Crippen molar-refractivity contribution < 1.29 is 18.0 Å². The van der Waals surface area contributed by atoms with Crippen LogP contribution in [0.5, 0.6) is 0 Å². The summed E-state index contributed by atoms with van der Waals surface area (Å²) < 4.78 is 42.2. The van der Waals surface area contributed by atoms with E-state index in [0.29, 0.717) is 11.3 Å². The molecule has 11 heteroatoms. The van der Waals surface area contributed by atoms with Crippen LogP contribution in [0.15, 0.2) is 41.6 Å². The number of hydrogen-bond acceptors (Lipinski definition) is 6. The molecular formula is C17H14Cl2F3N5O. The summed E-state index contributed by atoms with van der Waals surface area (Å²) >= 11 is 11.8. The fraction of sp³-hybridized carbons (Fsp3) is 0.235. The number of nitrogens with two attached hydrogens (primary N) is 1. The Morgan fingerprint density at radius 3 is 2.46 bits per heavy atom. The number of rotatable bonds is 2. The summed E-state index contributed by atoms with van der Waals surface area (Å²) in [5, 5.41) is 6.85. The van der Waals surface area contributed by atoms with Crippen molar-refractivity contribution in [2.75, 3.05) is 17.2 Å². The number of hydrazine groups is 3. The molecule has 28 heavy (non-hydrogen) atoms. The van der Waals surface area contributed by atoms with Crippen LogP contribution in [0.4, 0.5) is 24.5 Å². The quantitative estimate of drug-likeness (QED) is 0.699. The second kappa shape index (κ2) is 6.41. The third kappa shape index (κ3) is 2.95. The number of alkyl halides is 3. The molecule has 0 bridgehead atoms. The molecule has 2 aromatic carbocycles. The standard InChI is InChI=1S/C17H14Cl2F3N5O/c1-26-14-3-2-9(4-15(14)27(23)25-26)13-8-16(28-24-13,17(20,21)22)10-5-11(18)7-12(19)6-10/h2-7,25H,8,23H2,1H3. The van der Waals surface area contributed by atoms with Gasteiger partial charge in [0, 0.05) is 34.6 Å². The van der Waals surface area contributed by atoms with Crippen LogP contribution >= 0.6 is 23.2 Å². The molecule has 2 heterocycles. The molecular weight excluding hydrogens is 418 g/mol. The highest BCUT2D eigenvalue weighted by Crippen LogP contribution is 2.50. The second-order valence-corrected chi connectivity index (χ2v) is 7.39. The first-order chi connectivity index (χ1) is 13.1. The Balaban J connectivity index is 1.73. The molecule has 0 spiro atoms. The molecule has 1 unspecified atom stereocenters. The van der Waals surface area contributed by atoms with E-state index in [2.05, 4.69) is 10.7 Å². The molecule has 0 aromatic heterocycles. The van der Waals surface area contributed by atoms with Gasteiger partial charge < -0.3 is 4.84 Å². The predicted molar refractivity (Wildman–Crippen MR) is 101 cm³/mol. The minimum atomic E-state index is -4.75. The molecule has 4 rings (SSSR count). The number of nitrogens with zero attached hydrogens (tertiary/aromatic N) is 3. The number of fused-ring (bicyclic) bond motifs is 1. The van der Waals surface area contributed by atoms with E-state index < -0.39 is 18.2 Å². The number of hydrogen-bond donors (Lipinski definition) is 2. The highest BCUT2D eigenvalue weighted by molar-refractivity contribution is 6.34. The van der Waals surface area contributed by atoms with Crippen molar-refractivity contribution >= 4 is 40.3 Å².